The van der Waals surface area contributed by atoms with Gasteiger partial charge in [0.15, 0.2) is 0 Å². The Morgan fingerprint density at radius 1 is 0.964 bits per heavy atom. The fourth-order valence-electron chi connectivity index (χ4n) is 2.95. The molecule has 1 aliphatic heterocycles. The van der Waals surface area contributed by atoms with E-state index >= 15 is 0 Å². The lowest BCUT2D eigenvalue weighted by Gasteiger charge is -2.06. The summed E-state index contributed by atoms with van der Waals surface area (Å²) in [7, 11) is 0. The molecular formula is C21H17N2O4S+. The molecule has 4 rings (SSSR count). The Bertz CT molecular complexity index is 1160. The summed E-state index contributed by atoms with van der Waals surface area (Å²) in [6, 6.07) is 20.1. The van der Waals surface area contributed by atoms with Crippen molar-refractivity contribution in [1.29, 1.82) is 0 Å². The van der Waals surface area contributed by atoms with Gasteiger partial charge < -0.3 is 4.74 Å². The highest BCUT2D eigenvalue weighted by molar-refractivity contribution is 7.80. The van der Waals surface area contributed by atoms with E-state index in [0.717, 1.165) is 22.5 Å². The number of aromatic nitrogens is 2. The van der Waals surface area contributed by atoms with Crippen LogP contribution in [0.25, 0.3) is 0 Å². The minimum atomic E-state index is -0.473. The Labute approximate surface area is 164 Å². The lowest BCUT2D eigenvalue weighted by atomic mass is 10.2. The number of ether oxygens (including phenoxy) is 1. The lowest BCUT2D eigenvalue weighted by Crippen LogP contribution is -2.40. The predicted octanol–water partition coefficient (Wildman–Crippen LogP) is 1.43. The molecule has 2 heterocycles. The maximum absolute atomic E-state index is 12.8. The van der Waals surface area contributed by atoms with Crippen molar-refractivity contribution in [2.24, 2.45) is 0 Å². The van der Waals surface area contributed by atoms with E-state index in [2.05, 4.69) is 0 Å². The number of carbonyl (C=O) groups excluding carboxylic acids is 1. The topological polar surface area (TPSA) is 70.3 Å². The molecule has 0 radical (unpaired) electrons. The molecule has 7 heteroatoms. The zero-order chi connectivity index (χ0) is 19.5. The van der Waals surface area contributed by atoms with Crippen LogP contribution in [0.4, 0.5) is 0 Å². The fraction of sp³-hybridized carbons (Fsp3) is 0.143. The van der Waals surface area contributed by atoms with Crippen molar-refractivity contribution < 1.29 is 9.53 Å². The molecule has 6 nitrogen and oxygen atoms in total. The number of nitrogens with zero attached hydrogens (tertiary/aromatic N) is 2. The number of rotatable bonds is 5. The highest BCUT2D eigenvalue weighted by atomic mass is 32.1. The summed E-state index contributed by atoms with van der Waals surface area (Å²) in [5.74, 6) is -0.473. The normalized spacial score (nSPS) is 12.4. The molecule has 0 fully saturated rings. The van der Waals surface area contributed by atoms with Crippen LogP contribution in [0.2, 0.25) is 0 Å². The van der Waals surface area contributed by atoms with Gasteiger partial charge in [-0.05, 0) is 11.1 Å². The predicted molar refractivity (Wildman–Crippen MR) is 107 cm³/mol. The number of fused-ring (bicyclic) bond motifs is 1. The molecule has 0 spiro atoms. The average molecular weight is 393 g/mol. The van der Waals surface area contributed by atoms with Crippen LogP contribution < -0.4 is 11.2 Å². The van der Waals surface area contributed by atoms with Crippen molar-refractivity contribution in [1.82, 2.24) is 9.13 Å². The maximum atomic E-state index is 12.8. The van der Waals surface area contributed by atoms with E-state index in [1.54, 1.807) is 0 Å². The zero-order valence-electron chi connectivity index (χ0n) is 14.9. The second kappa shape index (κ2) is 7.74. The molecule has 0 amide bonds. The number of carbonyl (C=O) groups is 1. The van der Waals surface area contributed by atoms with Crippen molar-refractivity contribution in [3.05, 3.63) is 98.7 Å². The van der Waals surface area contributed by atoms with Gasteiger partial charge in [0.2, 0.25) is 0 Å². The average Bonchev–Trinajstić information content (AvgIpc) is 3.15. The Hall–Kier alpha value is -3.32. The van der Waals surface area contributed by atoms with Gasteiger partial charge in [-0.15, -0.1) is 0 Å². The van der Waals surface area contributed by atoms with Gasteiger partial charge in [-0.25, -0.2) is 14.2 Å². The first-order valence-electron chi connectivity index (χ1n) is 8.75. The van der Waals surface area contributed by atoms with Crippen LogP contribution in [0.15, 0.2) is 81.3 Å². The molecule has 0 aliphatic carbocycles. The van der Waals surface area contributed by atoms with E-state index in [-0.39, 0.29) is 25.3 Å². The Kier molecular flexibility index (Phi) is 4.99. The molecule has 0 N–H and O–H groups in total. The molecule has 0 atom stereocenters. The van der Waals surface area contributed by atoms with Crippen LogP contribution in [-0.2, 0) is 40.6 Å². The second-order valence-corrected chi connectivity index (χ2v) is 7.46. The monoisotopic (exact) mass is 393 g/mol. The van der Waals surface area contributed by atoms with Gasteiger partial charge in [-0.3, -0.25) is 9.36 Å². The Morgan fingerprint density at radius 3 is 2.29 bits per heavy atom. The van der Waals surface area contributed by atoms with Gasteiger partial charge in [0, 0.05) is 0 Å². The minimum Gasteiger partial charge on any atom is -0.454 e. The van der Waals surface area contributed by atoms with Gasteiger partial charge in [-0.2, -0.15) is 0 Å². The van der Waals surface area contributed by atoms with E-state index in [1.807, 2.05) is 60.7 Å². The van der Waals surface area contributed by atoms with Crippen LogP contribution in [-0.4, -0.2) is 20.0 Å². The molecule has 140 valence electrons. The number of hydrogen-bond acceptors (Lipinski definition) is 4. The second-order valence-electron chi connectivity index (χ2n) is 6.35. The highest BCUT2D eigenvalue weighted by Crippen LogP contribution is 2.08. The summed E-state index contributed by atoms with van der Waals surface area (Å²) in [5, 5.41) is 0.464. The van der Waals surface area contributed by atoms with Crippen LogP contribution >= 0.6 is 0 Å². The SMILES string of the molecule is O=C(OCc1ccccc1)C1=[S+]c2cc(=O)n(Cc3ccccc3)c(=O)n2C1. The van der Waals surface area contributed by atoms with Crippen LogP contribution in [0.5, 0.6) is 0 Å². The molecule has 0 unspecified atom stereocenters. The minimum absolute atomic E-state index is 0.113. The summed E-state index contributed by atoms with van der Waals surface area (Å²) in [6.07, 6.45) is 0. The summed E-state index contributed by atoms with van der Waals surface area (Å²) in [4.78, 5) is 38.0. The third kappa shape index (κ3) is 3.70. The molecule has 3 aromatic rings. The molecular weight excluding hydrogens is 376 g/mol. The molecule has 2 aromatic carbocycles. The zero-order valence-corrected chi connectivity index (χ0v) is 15.7. The van der Waals surface area contributed by atoms with Crippen molar-refractivity contribution in [3.8, 4) is 0 Å². The van der Waals surface area contributed by atoms with Crippen LogP contribution in [0.3, 0.4) is 0 Å². The number of benzene rings is 2. The van der Waals surface area contributed by atoms with Crippen LogP contribution in [0.1, 0.15) is 11.1 Å². The molecule has 0 bridgehead atoms. The van der Waals surface area contributed by atoms with Crippen molar-refractivity contribution in [2.45, 2.75) is 24.7 Å². The standard InChI is InChI=1S/C21H17N2O4S/c24-18-11-19-23(21(26)22(18)12-15-7-3-1-4-8-15)13-17(28-19)20(25)27-14-16-9-5-2-6-10-16/h1-11H,12-14H2/q+1. The lowest BCUT2D eigenvalue weighted by molar-refractivity contribution is -0.136. The van der Waals surface area contributed by atoms with Gasteiger partial charge in [0.05, 0.1) is 12.6 Å². The number of esters is 1. The van der Waals surface area contributed by atoms with Gasteiger partial charge in [-0.1, -0.05) is 60.7 Å². The largest absolute Gasteiger partial charge is 0.454 e. The quantitative estimate of drug-likeness (QED) is 0.285. The molecule has 28 heavy (non-hydrogen) atoms. The molecule has 1 aromatic heterocycles. The van der Waals surface area contributed by atoms with Crippen LogP contribution in [0, 0.1) is 0 Å². The summed E-state index contributed by atoms with van der Waals surface area (Å²) in [5.41, 5.74) is 0.937. The Morgan fingerprint density at radius 2 is 1.61 bits per heavy atom. The van der Waals surface area contributed by atoms with Gasteiger partial charge in [0.1, 0.15) is 13.2 Å². The van der Waals surface area contributed by atoms with E-state index in [1.165, 1.54) is 15.2 Å². The van der Waals surface area contributed by atoms with Crippen molar-refractivity contribution in [2.75, 3.05) is 0 Å². The summed E-state index contributed by atoms with van der Waals surface area (Å²) >= 11 is 1.11. The third-order valence-electron chi connectivity index (χ3n) is 4.39. The van der Waals surface area contributed by atoms with E-state index in [4.69, 9.17) is 4.74 Å². The van der Waals surface area contributed by atoms with E-state index in [0.29, 0.717) is 9.89 Å². The first-order valence-corrected chi connectivity index (χ1v) is 9.57. The highest BCUT2D eigenvalue weighted by Gasteiger charge is 2.35. The molecule has 0 saturated carbocycles. The maximum Gasteiger partial charge on any atom is 0.395 e. The van der Waals surface area contributed by atoms with Crippen molar-refractivity contribution >= 4 is 22.2 Å². The molecule has 0 saturated heterocycles. The van der Waals surface area contributed by atoms with E-state index < -0.39 is 11.7 Å². The third-order valence-corrected chi connectivity index (χ3v) is 5.48. The van der Waals surface area contributed by atoms with Gasteiger partial charge >= 0.3 is 21.5 Å². The number of hydrogen-bond donors (Lipinski definition) is 0. The van der Waals surface area contributed by atoms with Gasteiger partial charge in [0.25, 0.3) is 16.9 Å². The smallest absolute Gasteiger partial charge is 0.395 e. The fourth-order valence-corrected chi connectivity index (χ4v) is 3.95. The molecule has 1 aliphatic rings. The van der Waals surface area contributed by atoms with E-state index in [9.17, 15) is 14.4 Å². The van der Waals surface area contributed by atoms with Crippen molar-refractivity contribution in [3.63, 3.8) is 0 Å². The Balaban J connectivity index is 1.53. The summed E-state index contributed by atoms with van der Waals surface area (Å²) in [6.45, 7) is 0.467. The first-order chi connectivity index (χ1) is 13.6. The summed E-state index contributed by atoms with van der Waals surface area (Å²) < 4.78 is 7.96. The first kappa shape index (κ1) is 18.1.